The molecule has 0 bridgehead atoms. The van der Waals surface area contributed by atoms with E-state index in [-0.39, 0.29) is 0 Å². The Morgan fingerprint density at radius 3 is 1.93 bits per heavy atom. The number of rotatable bonds is 19. The van der Waals surface area contributed by atoms with E-state index in [0.29, 0.717) is 6.04 Å². The van der Waals surface area contributed by atoms with Crippen molar-refractivity contribution >= 4 is 8.56 Å². The van der Waals surface area contributed by atoms with E-state index in [4.69, 9.17) is 8.85 Å². The van der Waals surface area contributed by atoms with E-state index < -0.39 is 8.56 Å². The Kier molecular flexibility index (Phi) is 16.9. The molecule has 6 heteroatoms. The third-order valence-corrected chi connectivity index (χ3v) is 8.61. The lowest BCUT2D eigenvalue weighted by atomic mass is 10.2. The van der Waals surface area contributed by atoms with Crippen LogP contribution in [-0.2, 0) is 8.85 Å². The van der Waals surface area contributed by atoms with Crippen LogP contribution in [0.15, 0.2) is 0 Å². The first kappa shape index (κ1) is 27.0. The fourth-order valence-corrected chi connectivity index (χ4v) is 4.73. The van der Waals surface area contributed by atoms with Crippen LogP contribution in [0.3, 0.4) is 0 Å². The summed E-state index contributed by atoms with van der Waals surface area (Å²) in [6.07, 6.45) is 6.13. The summed E-state index contributed by atoms with van der Waals surface area (Å²) in [5, 5.41) is 3.69. The van der Waals surface area contributed by atoms with Crippen LogP contribution in [0.25, 0.3) is 0 Å². The molecule has 0 saturated carbocycles. The van der Waals surface area contributed by atoms with Gasteiger partial charge >= 0.3 is 8.56 Å². The van der Waals surface area contributed by atoms with E-state index in [0.717, 1.165) is 32.2 Å². The highest BCUT2D eigenvalue weighted by atomic mass is 28.4. The van der Waals surface area contributed by atoms with Crippen LogP contribution >= 0.6 is 0 Å². The molecule has 0 saturated heterocycles. The lowest BCUT2D eigenvalue weighted by Gasteiger charge is -2.29. The minimum atomic E-state index is -1.99. The number of nitrogens with zero attached hydrogens (tertiary/aromatic N) is 2. The van der Waals surface area contributed by atoms with Crippen molar-refractivity contribution in [1.82, 2.24) is 15.1 Å². The van der Waals surface area contributed by atoms with Crippen molar-refractivity contribution in [3.8, 4) is 0 Å². The molecule has 0 aromatic carbocycles. The smallest absolute Gasteiger partial charge is 0.335 e. The first-order valence-electron chi connectivity index (χ1n) is 11.3. The lowest BCUT2D eigenvalue weighted by Crippen LogP contribution is -2.41. The van der Waals surface area contributed by atoms with Gasteiger partial charge < -0.3 is 24.0 Å². The van der Waals surface area contributed by atoms with Gasteiger partial charge in [0.2, 0.25) is 0 Å². The fraction of sp³-hybridized carbons (Fsp3) is 1.00. The Morgan fingerprint density at radius 2 is 1.41 bits per heavy atom. The van der Waals surface area contributed by atoms with Crippen molar-refractivity contribution in [2.24, 2.45) is 0 Å². The van der Waals surface area contributed by atoms with Crippen LogP contribution in [-0.4, -0.2) is 84.4 Å². The van der Waals surface area contributed by atoms with E-state index >= 15 is 0 Å². The van der Waals surface area contributed by atoms with Gasteiger partial charge in [-0.15, -0.1) is 0 Å². The van der Waals surface area contributed by atoms with E-state index in [9.17, 15) is 0 Å². The maximum Gasteiger partial charge on any atom is 0.335 e. The average molecular weight is 404 g/mol. The Morgan fingerprint density at radius 1 is 0.815 bits per heavy atom. The van der Waals surface area contributed by atoms with Crippen molar-refractivity contribution in [1.29, 1.82) is 0 Å². The molecule has 0 unspecified atom stereocenters. The van der Waals surface area contributed by atoms with Crippen LogP contribution in [0, 0.1) is 0 Å². The Labute approximate surface area is 171 Å². The number of hydrogen-bond acceptors (Lipinski definition) is 5. The maximum absolute atomic E-state index is 5.69. The fourth-order valence-electron chi connectivity index (χ4n) is 3.43. The van der Waals surface area contributed by atoms with Crippen molar-refractivity contribution in [3.63, 3.8) is 0 Å². The Balaban J connectivity index is 4.43. The van der Waals surface area contributed by atoms with Crippen molar-refractivity contribution < 1.29 is 8.85 Å². The second kappa shape index (κ2) is 16.9. The molecule has 0 atom stereocenters. The highest BCUT2D eigenvalue weighted by Crippen LogP contribution is 2.12. The molecular formula is C21H49N3O2Si. The SMILES string of the molecule is CCCN(CC)CCCN(CCCNC(CC)CC)CC[Si](C)(OC)OC. The van der Waals surface area contributed by atoms with Crippen LogP contribution in [0.1, 0.15) is 59.8 Å². The summed E-state index contributed by atoms with van der Waals surface area (Å²) < 4.78 is 11.4. The zero-order chi connectivity index (χ0) is 20.5. The number of nitrogens with one attached hydrogen (secondary N) is 1. The molecule has 0 heterocycles. The van der Waals surface area contributed by atoms with Crippen LogP contribution < -0.4 is 5.32 Å². The molecule has 164 valence electrons. The Hall–Kier alpha value is 0.0169. The van der Waals surface area contributed by atoms with Gasteiger partial charge in [0, 0.05) is 32.9 Å². The molecule has 0 amide bonds. The third-order valence-electron chi connectivity index (χ3n) is 5.75. The number of hydrogen-bond donors (Lipinski definition) is 1. The normalized spacial score (nSPS) is 12.7. The van der Waals surface area contributed by atoms with Gasteiger partial charge in [0.05, 0.1) is 0 Å². The van der Waals surface area contributed by atoms with Crippen LogP contribution in [0.4, 0.5) is 0 Å². The Bertz CT molecular complexity index is 327. The zero-order valence-electron chi connectivity index (χ0n) is 19.5. The molecule has 5 nitrogen and oxygen atoms in total. The molecule has 0 rings (SSSR count). The molecule has 27 heavy (non-hydrogen) atoms. The van der Waals surface area contributed by atoms with Gasteiger partial charge in [0.1, 0.15) is 0 Å². The second-order valence-electron chi connectivity index (χ2n) is 7.74. The predicted molar refractivity (Wildman–Crippen MR) is 121 cm³/mol. The topological polar surface area (TPSA) is 37.0 Å². The van der Waals surface area contributed by atoms with Crippen molar-refractivity contribution in [3.05, 3.63) is 0 Å². The minimum Gasteiger partial charge on any atom is -0.398 e. The molecule has 0 aliphatic rings. The monoisotopic (exact) mass is 403 g/mol. The van der Waals surface area contributed by atoms with E-state index in [2.05, 4.69) is 49.4 Å². The molecule has 0 aliphatic carbocycles. The lowest BCUT2D eigenvalue weighted by molar-refractivity contribution is 0.215. The highest BCUT2D eigenvalue weighted by molar-refractivity contribution is 6.66. The molecule has 0 spiro atoms. The van der Waals surface area contributed by atoms with Crippen molar-refractivity contribution in [2.45, 2.75) is 78.4 Å². The summed E-state index contributed by atoms with van der Waals surface area (Å²) in [6, 6.07) is 1.70. The first-order chi connectivity index (χ1) is 13.0. The summed E-state index contributed by atoms with van der Waals surface area (Å²) in [4.78, 5) is 5.19. The van der Waals surface area contributed by atoms with Crippen LogP contribution in [0.2, 0.25) is 12.6 Å². The molecule has 0 fully saturated rings. The summed E-state index contributed by atoms with van der Waals surface area (Å²) in [5.74, 6) is 0. The summed E-state index contributed by atoms with van der Waals surface area (Å²) in [6.45, 7) is 19.3. The molecule has 1 N–H and O–H groups in total. The minimum absolute atomic E-state index is 0.670. The molecule has 0 aromatic rings. The standard InChI is InChI=1S/C21H49N3O2Si/c1-8-15-23(11-4)17-13-18-24(19-20-27(7,25-5)26-6)16-12-14-22-21(9-2)10-3/h21-22H,8-20H2,1-7H3. The summed E-state index contributed by atoms with van der Waals surface area (Å²) in [7, 11) is 1.60. The van der Waals surface area contributed by atoms with Crippen LogP contribution in [0.5, 0.6) is 0 Å². The van der Waals surface area contributed by atoms with E-state index in [1.807, 2.05) is 0 Å². The molecule has 0 aliphatic heterocycles. The zero-order valence-corrected chi connectivity index (χ0v) is 20.5. The highest BCUT2D eigenvalue weighted by Gasteiger charge is 2.29. The second-order valence-corrected chi connectivity index (χ2v) is 11.3. The maximum atomic E-state index is 5.69. The molecule has 0 radical (unpaired) electrons. The quantitative estimate of drug-likeness (QED) is 0.261. The van der Waals surface area contributed by atoms with Gasteiger partial charge in [0.15, 0.2) is 0 Å². The third kappa shape index (κ3) is 13.0. The van der Waals surface area contributed by atoms with Gasteiger partial charge in [-0.3, -0.25) is 0 Å². The van der Waals surface area contributed by atoms with E-state index in [1.165, 1.54) is 51.7 Å². The summed E-state index contributed by atoms with van der Waals surface area (Å²) >= 11 is 0. The average Bonchev–Trinajstić information content (AvgIpc) is 2.70. The van der Waals surface area contributed by atoms with E-state index in [1.54, 1.807) is 14.2 Å². The van der Waals surface area contributed by atoms with Gasteiger partial charge in [0.25, 0.3) is 0 Å². The van der Waals surface area contributed by atoms with Gasteiger partial charge in [-0.25, -0.2) is 0 Å². The molecule has 0 aromatic heterocycles. The molecular weight excluding hydrogens is 354 g/mol. The predicted octanol–water partition coefficient (Wildman–Crippen LogP) is 3.94. The first-order valence-corrected chi connectivity index (χ1v) is 13.8. The van der Waals surface area contributed by atoms with Gasteiger partial charge in [-0.2, -0.15) is 0 Å². The van der Waals surface area contributed by atoms with Crippen molar-refractivity contribution in [2.75, 3.05) is 60.0 Å². The summed E-state index contributed by atoms with van der Waals surface area (Å²) in [5.41, 5.74) is 0. The largest absolute Gasteiger partial charge is 0.398 e. The van der Waals surface area contributed by atoms with Gasteiger partial charge in [-0.1, -0.05) is 27.7 Å². The van der Waals surface area contributed by atoms with Gasteiger partial charge in [-0.05, 0) is 77.9 Å².